The molecule has 0 spiro atoms. The van der Waals surface area contributed by atoms with Crippen molar-refractivity contribution in [2.45, 2.75) is 31.9 Å². The number of nitrogens with two attached hydrogens (primary N) is 1. The highest BCUT2D eigenvalue weighted by Gasteiger charge is 2.38. The van der Waals surface area contributed by atoms with Crippen LogP contribution in [-0.4, -0.2) is 40.2 Å². The monoisotopic (exact) mass is 278 g/mol. The summed E-state index contributed by atoms with van der Waals surface area (Å²) in [5.74, 6) is -0.315. The quantitative estimate of drug-likeness (QED) is 0.322. The fourth-order valence-corrected chi connectivity index (χ4v) is 2.06. The van der Waals surface area contributed by atoms with Crippen LogP contribution in [0.2, 0.25) is 0 Å². The maximum atomic E-state index is 12.2. The van der Waals surface area contributed by atoms with E-state index in [9.17, 15) is 4.79 Å². The van der Waals surface area contributed by atoms with Crippen LogP contribution in [0.5, 0.6) is 0 Å². The van der Waals surface area contributed by atoms with Gasteiger partial charge < -0.3 is 21.0 Å². The average Bonchev–Trinajstić information content (AvgIpc) is 2.77. The molecule has 2 unspecified atom stereocenters. The highest BCUT2D eigenvalue weighted by Crippen LogP contribution is 2.25. The number of amides is 1. The Balaban J connectivity index is 2.10. The lowest BCUT2D eigenvalue weighted by Gasteiger charge is -2.28. The van der Waals surface area contributed by atoms with Crippen molar-refractivity contribution in [1.29, 1.82) is 0 Å². The van der Waals surface area contributed by atoms with Crippen molar-refractivity contribution in [2.75, 3.05) is 6.61 Å². The fourth-order valence-electron chi connectivity index (χ4n) is 2.06. The van der Waals surface area contributed by atoms with Crippen LogP contribution >= 0.6 is 0 Å². The number of oxime groups is 1. The van der Waals surface area contributed by atoms with E-state index in [1.807, 2.05) is 13.8 Å². The molecule has 1 aromatic rings. The van der Waals surface area contributed by atoms with E-state index in [1.54, 1.807) is 6.07 Å². The van der Waals surface area contributed by atoms with Crippen molar-refractivity contribution in [3.63, 3.8) is 0 Å². The summed E-state index contributed by atoms with van der Waals surface area (Å²) in [5.41, 5.74) is 5.78. The van der Waals surface area contributed by atoms with E-state index in [2.05, 4.69) is 15.5 Å². The van der Waals surface area contributed by atoms with Gasteiger partial charge in [-0.25, -0.2) is 0 Å². The molecule has 0 radical (unpaired) electrons. The number of carbonyl (C=O) groups excluding carboxylic acids is 1. The highest BCUT2D eigenvalue weighted by molar-refractivity contribution is 5.98. The van der Waals surface area contributed by atoms with Gasteiger partial charge in [0.15, 0.2) is 5.84 Å². The summed E-state index contributed by atoms with van der Waals surface area (Å²) in [4.78, 5) is 16.2. The van der Waals surface area contributed by atoms with E-state index < -0.39 is 0 Å². The molecule has 0 aromatic carbocycles. The molecule has 2 rings (SSSR count). The lowest BCUT2D eigenvalue weighted by Crippen LogP contribution is -2.50. The van der Waals surface area contributed by atoms with Gasteiger partial charge in [-0.3, -0.25) is 9.78 Å². The number of ether oxygens (including phenoxy) is 1. The highest BCUT2D eigenvalue weighted by atomic mass is 16.5. The SMILES string of the molecule is CC1OCCC1(C)NC(=O)c1ccc(/C(N)=N/O)cn1. The zero-order chi connectivity index (χ0) is 14.8. The number of rotatable bonds is 3. The van der Waals surface area contributed by atoms with Crippen molar-refractivity contribution in [2.24, 2.45) is 10.9 Å². The van der Waals surface area contributed by atoms with Gasteiger partial charge in [-0.1, -0.05) is 5.16 Å². The molecular formula is C13H18N4O3. The van der Waals surface area contributed by atoms with E-state index >= 15 is 0 Å². The Bertz CT molecular complexity index is 529. The van der Waals surface area contributed by atoms with Crippen molar-refractivity contribution < 1.29 is 14.7 Å². The summed E-state index contributed by atoms with van der Waals surface area (Å²) >= 11 is 0. The van der Waals surface area contributed by atoms with Gasteiger partial charge in [0.25, 0.3) is 5.91 Å². The Labute approximate surface area is 116 Å². The smallest absolute Gasteiger partial charge is 0.270 e. The van der Waals surface area contributed by atoms with Crippen molar-refractivity contribution in [1.82, 2.24) is 10.3 Å². The number of pyridine rings is 1. The molecule has 1 fully saturated rings. The third kappa shape index (κ3) is 2.72. The normalized spacial score (nSPS) is 26.5. The third-order valence-corrected chi connectivity index (χ3v) is 3.69. The number of carbonyl (C=O) groups is 1. The zero-order valence-corrected chi connectivity index (χ0v) is 11.5. The maximum absolute atomic E-state index is 12.2. The molecule has 108 valence electrons. The summed E-state index contributed by atoms with van der Waals surface area (Å²) in [6.07, 6.45) is 2.12. The Morgan fingerprint density at radius 3 is 2.90 bits per heavy atom. The number of hydrogen-bond acceptors (Lipinski definition) is 5. The van der Waals surface area contributed by atoms with E-state index in [4.69, 9.17) is 15.7 Å². The van der Waals surface area contributed by atoms with E-state index in [-0.39, 0.29) is 29.1 Å². The van der Waals surface area contributed by atoms with Crippen LogP contribution in [0.15, 0.2) is 23.5 Å². The van der Waals surface area contributed by atoms with E-state index in [0.717, 1.165) is 6.42 Å². The van der Waals surface area contributed by atoms with Gasteiger partial charge in [0, 0.05) is 18.4 Å². The van der Waals surface area contributed by atoms with E-state index in [0.29, 0.717) is 12.2 Å². The predicted molar refractivity (Wildman–Crippen MR) is 72.7 cm³/mol. The van der Waals surface area contributed by atoms with Gasteiger partial charge in [0.05, 0.1) is 11.6 Å². The van der Waals surface area contributed by atoms with Crippen LogP contribution in [0.1, 0.15) is 36.3 Å². The van der Waals surface area contributed by atoms with Gasteiger partial charge in [-0.15, -0.1) is 0 Å². The Hall–Kier alpha value is -2.15. The molecule has 1 aromatic heterocycles. The first-order valence-corrected chi connectivity index (χ1v) is 6.34. The Morgan fingerprint density at radius 1 is 1.65 bits per heavy atom. The first kappa shape index (κ1) is 14.3. The molecule has 0 saturated carbocycles. The zero-order valence-electron chi connectivity index (χ0n) is 11.5. The molecule has 1 amide bonds. The molecule has 2 atom stereocenters. The molecular weight excluding hydrogens is 260 g/mol. The molecule has 7 heteroatoms. The largest absolute Gasteiger partial charge is 0.409 e. The first-order chi connectivity index (χ1) is 9.46. The third-order valence-electron chi connectivity index (χ3n) is 3.69. The standard InChI is InChI=1S/C13H18N4O3/c1-8-13(2,5-6-20-8)16-12(18)10-4-3-9(7-15-10)11(14)17-19/h3-4,7-8,19H,5-6H2,1-2H3,(H2,14,17)(H,16,18). The molecule has 1 saturated heterocycles. The average molecular weight is 278 g/mol. The van der Waals surface area contributed by atoms with Crippen LogP contribution in [0.25, 0.3) is 0 Å². The van der Waals surface area contributed by atoms with Gasteiger partial charge in [0.2, 0.25) is 0 Å². The number of hydrogen-bond donors (Lipinski definition) is 3. The summed E-state index contributed by atoms with van der Waals surface area (Å²) < 4.78 is 5.48. The van der Waals surface area contributed by atoms with Crippen molar-refractivity contribution in [3.8, 4) is 0 Å². The van der Waals surface area contributed by atoms with E-state index in [1.165, 1.54) is 12.3 Å². The second kappa shape index (κ2) is 5.46. The number of nitrogens with zero attached hydrogens (tertiary/aromatic N) is 2. The van der Waals surface area contributed by atoms with Gasteiger partial charge >= 0.3 is 0 Å². The summed E-state index contributed by atoms with van der Waals surface area (Å²) in [6, 6.07) is 3.11. The van der Waals surface area contributed by atoms with Crippen LogP contribution < -0.4 is 11.1 Å². The van der Waals surface area contributed by atoms with Crippen LogP contribution in [-0.2, 0) is 4.74 Å². The summed E-state index contributed by atoms with van der Waals surface area (Å²) in [7, 11) is 0. The lowest BCUT2D eigenvalue weighted by atomic mass is 9.94. The maximum Gasteiger partial charge on any atom is 0.270 e. The fraction of sp³-hybridized carbons (Fsp3) is 0.462. The minimum atomic E-state index is -0.386. The number of nitrogens with one attached hydrogen (secondary N) is 1. The second-order valence-corrected chi connectivity index (χ2v) is 5.05. The lowest BCUT2D eigenvalue weighted by molar-refractivity contribution is 0.0724. The Morgan fingerprint density at radius 2 is 2.40 bits per heavy atom. The van der Waals surface area contributed by atoms with Crippen LogP contribution in [0.4, 0.5) is 0 Å². The van der Waals surface area contributed by atoms with Gasteiger partial charge in [-0.2, -0.15) is 0 Å². The summed E-state index contributed by atoms with van der Waals surface area (Å²) in [5, 5.41) is 14.4. The Kier molecular flexibility index (Phi) is 3.89. The number of aromatic nitrogens is 1. The van der Waals surface area contributed by atoms with Crippen LogP contribution in [0.3, 0.4) is 0 Å². The minimum absolute atomic E-state index is 0.0390. The van der Waals surface area contributed by atoms with Gasteiger partial charge in [-0.05, 0) is 32.4 Å². The van der Waals surface area contributed by atoms with Crippen molar-refractivity contribution >= 4 is 11.7 Å². The molecule has 7 nitrogen and oxygen atoms in total. The first-order valence-electron chi connectivity index (χ1n) is 6.34. The topological polar surface area (TPSA) is 110 Å². The molecule has 20 heavy (non-hydrogen) atoms. The molecule has 1 aliphatic rings. The van der Waals surface area contributed by atoms with Crippen LogP contribution in [0, 0.1) is 0 Å². The summed E-state index contributed by atoms with van der Waals surface area (Å²) in [6.45, 7) is 4.52. The van der Waals surface area contributed by atoms with Gasteiger partial charge in [0.1, 0.15) is 5.69 Å². The minimum Gasteiger partial charge on any atom is -0.409 e. The second-order valence-electron chi connectivity index (χ2n) is 5.05. The molecule has 4 N–H and O–H groups in total. The molecule has 0 bridgehead atoms. The molecule has 0 aliphatic carbocycles. The predicted octanol–water partition coefficient (Wildman–Crippen LogP) is 0.473. The molecule has 2 heterocycles. The number of amidine groups is 1. The molecule has 1 aliphatic heterocycles. The van der Waals surface area contributed by atoms with Crippen molar-refractivity contribution in [3.05, 3.63) is 29.6 Å².